The maximum absolute atomic E-state index is 12.3. The molecule has 0 unspecified atom stereocenters. The minimum atomic E-state index is -0.359. The van der Waals surface area contributed by atoms with Gasteiger partial charge < -0.3 is 11.5 Å². The van der Waals surface area contributed by atoms with Gasteiger partial charge in [0.25, 0.3) is 0 Å². The Kier molecular flexibility index (Phi) is 6.13. The summed E-state index contributed by atoms with van der Waals surface area (Å²) in [5, 5.41) is 0. The summed E-state index contributed by atoms with van der Waals surface area (Å²) in [5.74, 6) is -1.02. The molecule has 0 bridgehead atoms. The third-order valence-corrected chi connectivity index (χ3v) is 4.59. The van der Waals surface area contributed by atoms with Crippen LogP contribution in [0.1, 0.15) is 58.5 Å². The number of ketones is 4. The molecule has 2 aromatic carbocycles. The van der Waals surface area contributed by atoms with Crippen LogP contribution in [0.2, 0.25) is 0 Å². The van der Waals surface area contributed by atoms with Crippen molar-refractivity contribution in [2.45, 2.75) is 40.5 Å². The number of Topliss-reactive ketones (excluding diaryl/α,β-unsaturated/α-hetero) is 4. The Morgan fingerprint density at radius 1 is 0.857 bits per heavy atom. The molecule has 0 aliphatic rings. The second-order valence-electron chi connectivity index (χ2n) is 7.06. The summed E-state index contributed by atoms with van der Waals surface area (Å²) < 4.78 is 0. The van der Waals surface area contributed by atoms with Gasteiger partial charge in [-0.05, 0) is 50.5 Å². The predicted octanol–water partition coefficient (Wildman–Crippen LogP) is 3.46. The summed E-state index contributed by atoms with van der Waals surface area (Å²) in [4.78, 5) is 47.0. The molecule has 6 nitrogen and oxygen atoms in total. The Balaban J connectivity index is 2.50. The number of carbonyl (C=O) groups excluding carboxylic acids is 4. The summed E-state index contributed by atoms with van der Waals surface area (Å²) in [6.07, 6.45) is -0.364. The van der Waals surface area contributed by atoms with Crippen LogP contribution in [-0.2, 0) is 9.59 Å². The largest absolute Gasteiger partial charge is 0.398 e. The summed E-state index contributed by atoms with van der Waals surface area (Å²) >= 11 is 0. The molecular formula is C22H24N2O4. The fourth-order valence-corrected chi connectivity index (χ4v) is 3.25. The van der Waals surface area contributed by atoms with E-state index in [0.717, 1.165) is 11.1 Å². The van der Waals surface area contributed by atoms with Crippen molar-refractivity contribution in [2.75, 3.05) is 11.5 Å². The fraction of sp³-hybridized carbons (Fsp3) is 0.273. The average molecular weight is 380 g/mol. The first-order valence-corrected chi connectivity index (χ1v) is 8.87. The summed E-state index contributed by atoms with van der Waals surface area (Å²) in [7, 11) is 0. The van der Waals surface area contributed by atoms with Crippen molar-refractivity contribution in [1.29, 1.82) is 0 Å². The van der Waals surface area contributed by atoms with E-state index in [4.69, 9.17) is 11.5 Å². The van der Waals surface area contributed by atoms with Crippen LogP contribution in [0.3, 0.4) is 0 Å². The van der Waals surface area contributed by atoms with E-state index in [2.05, 4.69) is 0 Å². The first kappa shape index (κ1) is 21.0. The van der Waals surface area contributed by atoms with Crippen molar-refractivity contribution in [1.82, 2.24) is 0 Å². The third kappa shape index (κ3) is 4.34. The van der Waals surface area contributed by atoms with Gasteiger partial charge in [-0.1, -0.05) is 18.2 Å². The minimum Gasteiger partial charge on any atom is -0.398 e. The SMILES string of the molecule is CC(=O)CC(=O)c1ccc(-c2cc(N)c(C(=O)CC(C)=O)c(C)c2N)cc1C. The van der Waals surface area contributed by atoms with E-state index < -0.39 is 0 Å². The molecule has 0 radical (unpaired) electrons. The second-order valence-corrected chi connectivity index (χ2v) is 7.06. The van der Waals surface area contributed by atoms with Crippen molar-refractivity contribution in [2.24, 2.45) is 0 Å². The van der Waals surface area contributed by atoms with Crippen LogP contribution in [0.4, 0.5) is 11.4 Å². The number of carbonyl (C=O) groups is 4. The van der Waals surface area contributed by atoms with Crippen molar-refractivity contribution in [3.05, 3.63) is 46.5 Å². The predicted molar refractivity (Wildman–Crippen MR) is 109 cm³/mol. The summed E-state index contributed by atoms with van der Waals surface area (Å²) in [6.45, 7) is 6.20. The van der Waals surface area contributed by atoms with Crippen LogP contribution in [0.25, 0.3) is 11.1 Å². The highest BCUT2D eigenvalue weighted by atomic mass is 16.2. The Morgan fingerprint density at radius 3 is 1.96 bits per heavy atom. The van der Waals surface area contributed by atoms with Crippen LogP contribution in [0.5, 0.6) is 0 Å². The Morgan fingerprint density at radius 2 is 1.43 bits per heavy atom. The number of hydrogen-bond acceptors (Lipinski definition) is 6. The number of nitrogen functional groups attached to an aromatic ring is 2. The molecule has 0 heterocycles. The first-order chi connectivity index (χ1) is 13.0. The van der Waals surface area contributed by atoms with Gasteiger partial charge in [0.1, 0.15) is 11.6 Å². The van der Waals surface area contributed by atoms with Gasteiger partial charge in [0.05, 0.1) is 12.8 Å². The molecule has 0 amide bonds. The monoisotopic (exact) mass is 380 g/mol. The summed E-state index contributed by atoms with van der Waals surface area (Å²) in [6, 6.07) is 6.81. The lowest BCUT2D eigenvalue weighted by atomic mass is 9.90. The number of aryl methyl sites for hydroxylation is 1. The van der Waals surface area contributed by atoms with Crippen molar-refractivity contribution < 1.29 is 19.2 Å². The zero-order chi connectivity index (χ0) is 21.2. The van der Waals surface area contributed by atoms with E-state index in [1.54, 1.807) is 38.1 Å². The van der Waals surface area contributed by atoms with Gasteiger partial charge in [0, 0.05) is 28.1 Å². The molecule has 0 saturated heterocycles. The van der Waals surface area contributed by atoms with E-state index in [1.807, 2.05) is 0 Å². The van der Waals surface area contributed by atoms with E-state index in [9.17, 15) is 19.2 Å². The molecule has 2 aromatic rings. The Hall–Kier alpha value is -3.28. The first-order valence-electron chi connectivity index (χ1n) is 8.87. The normalized spacial score (nSPS) is 10.6. The second kappa shape index (κ2) is 8.17. The molecule has 28 heavy (non-hydrogen) atoms. The van der Waals surface area contributed by atoms with Gasteiger partial charge in [0.15, 0.2) is 11.6 Å². The highest BCUT2D eigenvalue weighted by Crippen LogP contribution is 2.35. The Bertz CT molecular complexity index is 1010. The van der Waals surface area contributed by atoms with Crippen LogP contribution in [0, 0.1) is 13.8 Å². The van der Waals surface area contributed by atoms with Crippen molar-refractivity contribution >= 4 is 34.5 Å². The fourth-order valence-electron chi connectivity index (χ4n) is 3.25. The lowest BCUT2D eigenvalue weighted by Gasteiger charge is -2.16. The average Bonchev–Trinajstić information content (AvgIpc) is 2.56. The molecule has 2 rings (SSSR count). The van der Waals surface area contributed by atoms with Crippen LogP contribution >= 0.6 is 0 Å². The Labute approximate surface area is 163 Å². The number of anilines is 2. The minimum absolute atomic E-state index is 0.138. The van der Waals surface area contributed by atoms with Gasteiger partial charge in [0.2, 0.25) is 0 Å². The van der Waals surface area contributed by atoms with Crippen molar-refractivity contribution in [3.8, 4) is 11.1 Å². The smallest absolute Gasteiger partial charge is 0.172 e. The van der Waals surface area contributed by atoms with E-state index >= 15 is 0 Å². The molecule has 0 aliphatic carbocycles. The maximum atomic E-state index is 12.3. The van der Waals surface area contributed by atoms with Crippen LogP contribution < -0.4 is 11.5 Å². The standard InChI is InChI=1S/C22H24N2O4/c1-11-7-15(5-6-16(11)19(27)8-12(2)25)17-10-18(23)21(14(4)22(17)24)20(28)9-13(3)26/h5-7,10H,8-9,23-24H2,1-4H3. The van der Waals surface area contributed by atoms with Crippen LogP contribution in [-0.4, -0.2) is 23.1 Å². The molecule has 0 spiro atoms. The highest BCUT2D eigenvalue weighted by molar-refractivity contribution is 6.12. The number of benzene rings is 2. The number of hydrogen-bond donors (Lipinski definition) is 2. The zero-order valence-corrected chi connectivity index (χ0v) is 16.5. The van der Waals surface area contributed by atoms with E-state index in [-0.39, 0.29) is 47.2 Å². The molecule has 4 N–H and O–H groups in total. The third-order valence-electron chi connectivity index (χ3n) is 4.59. The van der Waals surface area contributed by atoms with E-state index in [0.29, 0.717) is 22.4 Å². The lowest BCUT2D eigenvalue weighted by Crippen LogP contribution is -2.12. The quantitative estimate of drug-likeness (QED) is 0.431. The highest BCUT2D eigenvalue weighted by Gasteiger charge is 2.20. The van der Waals surface area contributed by atoms with Gasteiger partial charge >= 0.3 is 0 Å². The number of rotatable bonds is 7. The molecule has 0 aliphatic heterocycles. The lowest BCUT2D eigenvalue weighted by molar-refractivity contribution is -0.117. The molecule has 146 valence electrons. The zero-order valence-electron chi connectivity index (χ0n) is 16.5. The van der Waals surface area contributed by atoms with Crippen LogP contribution in [0.15, 0.2) is 24.3 Å². The molecule has 0 fully saturated rings. The van der Waals surface area contributed by atoms with Gasteiger partial charge in [-0.3, -0.25) is 19.2 Å². The molecule has 6 heteroatoms. The topological polar surface area (TPSA) is 120 Å². The maximum Gasteiger partial charge on any atom is 0.172 e. The van der Waals surface area contributed by atoms with E-state index in [1.165, 1.54) is 13.8 Å². The van der Waals surface area contributed by atoms with Gasteiger partial charge in [-0.2, -0.15) is 0 Å². The molecular weight excluding hydrogens is 356 g/mol. The molecule has 0 aromatic heterocycles. The molecule has 0 saturated carbocycles. The summed E-state index contributed by atoms with van der Waals surface area (Å²) in [5.41, 5.74) is 16.4. The van der Waals surface area contributed by atoms with Gasteiger partial charge in [-0.25, -0.2) is 0 Å². The number of nitrogens with two attached hydrogens (primary N) is 2. The van der Waals surface area contributed by atoms with Gasteiger partial charge in [-0.15, -0.1) is 0 Å². The van der Waals surface area contributed by atoms with Crippen molar-refractivity contribution in [3.63, 3.8) is 0 Å². The molecule has 0 atom stereocenters.